The molecule has 0 atom stereocenters. The monoisotopic (exact) mass is 234 g/mol. The molecule has 2 rings (SSSR count). The van der Waals surface area contributed by atoms with Gasteiger partial charge in [0.1, 0.15) is 11.9 Å². The number of rotatable bonds is 2. The third kappa shape index (κ3) is 2.45. The summed E-state index contributed by atoms with van der Waals surface area (Å²) >= 11 is 0. The van der Waals surface area contributed by atoms with E-state index in [0.29, 0.717) is 22.6 Å². The lowest BCUT2D eigenvalue weighted by Gasteiger charge is -2.08. The van der Waals surface area contributed by atoms with Crippen LogP contribution in [0.5, 0.6) is 0 Å². The van der Waals surface area contributed by atoms with Crippen molar-refractivity contribution in [1.29, 1.82) is 10.5 Å². The minimum Gasteiger partial charge on any atom is -0.339 e. The summed E-state index contributed by atoms with van der Waals surface area (Å²) in [5.41, 5.74) is 2.52. The lowest BCUT2D eigenvalue weighted by atomic mass is 10.2. The number of para-hydroxylation sites is 1. The van der Waals surface area contributed by atoms with Crippen LogP contribution < -0.4 is 5.32 Å². The van der Waals surface area contributed by atoms with Gasteiger partial charge in [-0.15, -0.1) is 0 Å². The molecule has 0 bridgehead atoms. The Morgan fingerprint density at radius 3 is 2.61 bits per heavy atom. The number of nitrogens with one attached hydrogen (secondary N) is 1. The van der Waals surface area contributed by atoms with Crippen molar-refractivity contribution in [2.75, 3.05) is 5.32 Å². The highest BCUT2D eigenvalue weighted by atomic mass is 15.0. The van der Waals surface area contributed by atoms with Crippen molar-refractivity contribution in [3.63, 3.8) is 0 Å². The highest BCUT2D eigenvalue weighted by molar-refractivity contribution is 5.65. The van der Waals surface area contributed by atoms with E-state index in [1.165, 1.54) is 0 Å². The van der Waals surface area contributed by atoms with Crippen LogP contribution >= 0.6 is 0 Å². The molecule has 0 fully saturated rings. The largest absolute Gasteiger partial charge is 0.339 e. The van der Waals surface area contributed by atoms with Gasteiger partial charge in [-0.05, 0) is 31.2 Å². The summed E-state index contributed by atoms with van der Waals surface area (Å²) in [4.78, 5) is 4.28. The van der Waals surface area contributed by atoms with E-state index in [1.54, 1.807) is 30.3 Å². The van der Waals surface area contributed by atoms with Crippen LogP contribution in [-0.2, 0) is 0 Å². The summed E-state index contributed by atoms with van der Waals surface area (Å²) < 4.78 is 0. The molecule has 4 nitrogen and oxygen atoms in total. The maximum atomic E-state index is 8.99. The number of nitriles is 2. The molecule has 0 saturated heterocycles. The number of aryl methyl sites for hydroxylation is 1. The van der Waals surface area contributed by atoms with Crippen molar-refractivity contribution in [3.05, 3.63) is 53.2 Å². The highest BCUT2D eigenvalue weighted by Gasteiger charge is 2.04. The van der Waals surface area contributed by atoms with Crippen LogP contribution in [-0.4, -0.2) is 4.98 Å². The van der Waals surface area contributed by atoms with Crippen LogP contribution in [0, 0.1) is 29.6 Å². The van der Waals surface area contributed by atoms with Gasteiger partial charge in [0.25, 0.3) is 0 Å². The molecule has 0 unspecified atom stereocenters. The molecule has 1 heterocycles. The molecule has 1 N–H and O–H groups in total. The predicted octanol–water partition coefficient (Wildman–Crippen LogP) is 2.88. The average Bonchev–Trinajstić information content (AvgIpc) is 2.38. The zero-order valence-corrected chi connectivity index (χ0v) is 9.81. The lowest BCUT2D eigenvalue weighted by Crippen LogP contribution is -1.98. The Morgan fingerprint density at radius 2 is 1.89 bits per heavy atom. The van der Waals surface area contributed by atoms with E-state index < -0.39 is 0 Å². The van der Waals surface area contributed by atoms with Crippen molar-refractivity contribution >= 4 is 11.5 Å². The molecule has 1 aromatic carbocycles. The van der Waals surface area contributed by atoms with Gasteiger partial charge in [0, 0.05) is 5.69 Å². The summed E-state index contributed by atoms with van der Waals surface area (Å²) in [6, 6.07) is 14.7. The topological polar surface area (TPSA) is 72.5 Å². The number of benzene rings is 1. The van der Waals surface area contributed by atoms with Crippen LogP contribution in [0.4, 0.5) is 11.5 Å². The Labute approximate surface area is 105 Å². The Kier molecular flexibility index (Phi) is 3.22. The van der Waals surface area contributed by atoms with E-state index in [-0.39, 0.29) is 0 Å². The van der Waals surface area contributed by atoms with E-state index in [1.807, 2.05) is 13.0 Å². The van der Waals surface area contributed by atoms with E-state index >= 15 is 0 Å². The molecule has 86 valence electrons. The quantitative estimate of drug-likeness (QED) is 0.867. The number of aromatic nitrogens is 1. The Hall–Kier alpha value is -2.85. The summed E-state index contributed by atoms with van der Waals surface area (Å²) in [5, 5.41) is 20.9. The zero-order chi connectivity index (χ0) is 13.0. The van der Waals surface area contributed by atoms with Gasteiger partial charge in [-0.1, -0.05) is 12.1 Å². The first-order valence-corrected chi connectivity index (χ1v) is 5.38. The highest BCUT2D eigenvalue weighted by Crippen LogP contribution is 2.19. The van der Waals surface area contributed by atoms with Gasteiger partial charge in [0.2, 0.25) is 0 Å². The molecule has 1 aromatic heterocycles. The Bertz CT molecular complexity index is 662. The normalized spacial score (nSPS) is 9.28. The standard InChI is InChI=1S/C14H10N4/c1-10-6-11(8-15)7-14(17-10)18-13-5-3-2-4-12(13)9-16/h2-7H,1H3,(H,17,18). The van der Waals surface area contributed by atoms with Crippen molar-refractivity contribution in [1.82, 2.24) is 4.98 Å². The molecule has 2 aromatic rings. The first kappa shape index (κ1) is 11.6. The molecule has 0 saturated carbocycles. The fraction of sp³-hybridized carbons (Fsp3) is 0.0714. The number of anilines is 2. The molecule has 0 aliphatic heterocycles. The van der Waals surface area contributed by atoms with Crippen LogP contribution in [0.2, 0.25) is 0 Å². The molecular formula is C14H10N4. The number of pyridine rings is 1. The van der Waals surface area contributed by atoms with Crippen LogP contribution in [0.25, 0.3) is 0 Å². The molecule has 0 amide bonds. The minimum atomic E-state index is 0.541. The molecular weight excluding hydrogens is 224 g/mol. The molecule has 4 heteroatoms. The fourth-order valence-corrected chi connectivity index (χ4v) is 1.62. The summed E-state index contributed by atoms with van der Waals surface area (Å²) in [6.07, 6.45) is 0. The van der Waals surface area contributed by atoms with E-state index in [2.05, 4.69) is 22.4 Å². The first-order chi connectivity index (χ1) is 8.72. The van der Waals surface area contributed by atoms with Crippen molar-refractivity contribution < 1.29 is 0 Å². The van der Waals surface area contributed by atoms with Gasteiger partial charge >= 0.3 is 0 Å². The predicted molar refractivity (Wildman–Crippen MR) is 68.1 cm³/mol. The number of hydrogen-bond donors (Lipinski definition) is 1. The fourth-order valence-electron chi connectivity index (χ4n) is 1.62. The van der Waals surface area contributed by atoms with Crippen molar-refractivity contribution in [3.8, 4) is 12.1 Å². The van der Waals surface area contributed by atoms with E-state index in [9.17, 15) is 0 Å². The average molecular weight is 234 g/mol. The first-order valence-electron chi connectivity index (χ1n) is 5.38. The van der Waals surface area contributed by atoms with Crippen LogP contribution in [0.1, 0.15) is 16.8 Å². The maximum Gasteiger partial charge on any atom is 0.131 e. The summed E-state index contributed by atoms with van der Waals surface area (Å²) in [6.45, 7) is 1.82. The second-order valence-corrected chi connectivity index (χ2v) is 3.78. The van der Waals surface area contributed by atoms with Gasteiger partial charge in [-0.3, -0.25) is 0 Å². The Morgan fingerprint density at radius 1 is 1.11 bits per heavy atom. The zero-order valence-electron chi connectivity index (χ0n) is 9.81. The van der Waals surface area contributed by atoms with Crippen LogP contribution in [0.15, 0.2) is 36.4 Å². The van der Waals surface area contributed by atoms with Gasteiger partial charge < -0.3 is 5.32 Å². The number of hydrogen-bond acceptors (Lipinski definition) is 4. The minimum absolute atomic E-state index is 0.541. The van der Waals surface area contributed by atoms with Gasteiger partial charge in [-0.25, -0.2) is 4.98 Å². The van der Waals surface area contributed by atoms with E-state index in [0.717, 1.165) is 5.69 Å². The summed E-state index contributed by atoms with van der Waals surface area (Å²) in [7, 11) is 0. The maximum absolute atomic E-state index is 8.99. The smallest absolute Gasteiger partial charge is 0.131 e. The van der Waals surface area contributed by atoms with Gasteiger partial charge in [0.05, 0.1) is 22.9 Å². The number of nitrogens with zero attached hydrogens (tertiary/aromatic N) is 3. The van der Waals surface area contributed by atoms with Crippen molar-refractivity contribution in [2.45, 2.75) is 6.92 Å². The molecule has 18 heavy (non-hydrogen) atoms. The SMILES string of the molecule is Cc1cc(C#N)cc(Nc2ccccc2C#N)n1. The molecule has 0 radical (unpaired) electrons. The van der Waals surface area contributed by atoms with E-state index in [4.69, 9.17) is 10.5 Å². The second-order valence-electron chi connectivity index (χ2n) is 3.78. The third-order valence-corrected chi connectivity index (χ3v) is 2.39. The third-order valence-electron chi connectivity index (χ3n) is 2.39. The molecule has 0 aliphatic carbocycles. The Balaban J connectivity index is 2.38. The van der Waals surface area contributed by atoms with Gasteiger partial charge in [-0.2, -0.15) is 10.5 Å². The van der Waals surface area contributed by atoms with Crippen LogP contribution in [0.3, 0.4) is 0 Å². The lowest BCUT2D eigenvalue weighted by molar-refractivity contribution is 1.19. The molecule has 0 aliphatic rings. The van der Waals surface area contributed by atoms with Gasteiger partial charge in [0.15, 0.2) is 0 Å². The van der Waals surface area contributed by atoms with Crippen molar-refractivity contribution in [2.24, 2.45) is 0 Å². The molecule has 0 spiro atoms. The summed E-state index contributed by atoms with van der Waals surface area (Å²) in [5.74, 6) is 0.564. The second kappa shape index (κ2) is 4.99.